The third kappa shape index (κ3) is 2.70. The van der Waals surface area contributed by atoms with Crippen molar-refractivity contribution < 1.29 is 4.79 Å². The lowest BCUT2D eigenvalue weighted by Gasteiger charge is -2.08. The Hall–Kier alpha value is -2.92. The third-order valence-corrected chi connectivity index (χ3v) is 4.67. The maximum atomic E-state index is 11.9. The summed E-state index contributed by atoms with van der Waals surface area (Å²) in [5, 5.41) is 2.76. The van der Waals surface area contributed by atoms with Crippen LogP contribution in [-0.4, -0.2) is 10.8 Å². The van der Waals surface area contributed by atoms with Gasteiger partial charge in [0.25, 0.3) is 0 Å². The van der Waals surface area contributed by atoms with Gasteiger partial charge in [-0.2, -0.15) is 0 Å². The van der Waals surface area contributed by atoms with Gasteiger partial charge in [-0.1, -0.05) is 54.1 Å². The average Bonchev–Trinajstić information content (AvgIpc) is 3.19. The Morgan fingerprint density at radius 3 is 2.50 bits per heavy atom. The summed E-state index contributed by atoms with van der Waals surface area (Å²) in [7, 11) is 0. The van der Waals surface area contributed by atoms with E-state index in [1.54, 1.807) is 6.08 Å². The zero-order valence-corrected chi connectivity index (χ0v) is 13.9. The van der Waals surface area contributed by atoms with E-state index >= 15 is 0 Å². The number of hydrogen-bond acceptors (Lipinski definition) is 5. The van der Waals surface area contributed by atoms with Gasteiger partial charge >= 0.3 is 0 Å². The van der Waals surface area contributed by atoms with Crippen molar-refractivity contribution in [3.63, 3.8) is 0 Å². The van der Waals surface area contributed by atoms with Crippen molar-refractivity contribution in [1.82, 2.24) is 10.4 Å². The Bertz CT molecular complexity index is 941. The van der Waals surface area contributed by atoms with Crippen LogP contribution in [-0.2, 0) is 0 Å². The standard InChI is InChI=1S/C19H15N3OS/c1-12-6-8-13(9-7-12)17-11-24-19(20-17)22-21-16-10-18(23)15-5-3-2-4-14(15)16/h2-11,21H,1H3,(H,20,22). The smallest absolute Gasteiger partial charge is 0.202 e. The maximum absolute atomic E-state index is 11.9. The topological polar surface area (TPSA) is 54.0 Å². The second-order valence-electron chi connectivity index (χ2n) is 5.62. The molecule has 3 aromatic rings. The molecular formula is C19H15N3OS. The summed E-state index contributed by atoms with van der Waals surface area (Å²) in [4.78, 5) is 16.5. The highest BCUT2D eigenvalue weighted by Gasteiger charge is 2.20. The molecular weight excluding hydrogens is 318 g/mol. The van der Waals surface area contributed by atoms with Crippen LogP contribution in [0.25, 0.3) is 17.0 Å². The zero-order chi connectivity index (χ0) is 16.5. The predicted octanol–water partition coefficient (Wildman–Crippen LogP) is 4.27. The van der Waals surface area contributed by atoms with Crippen LogP contribution < -0.4 is 10.9 Å². The average molecular weight is 333 g/mol. The molecule has 4 rings (SSSR count). The molecule has 4 nitrogen and oxygen atoms in total. The van der Waals surface area contributed by atoms with Gasteiger partial charge in [0.05, 0.1) is 11.4 Å². The number of nitrogens with one attached hydrogen (secondary N) is 2. The highest BCUT2D eigenvalue weighted by molar-refractivity contribution is 7.14. The van der Waals surface area contributed by atoms with Gasteiger partial charge in [0.2, 0.25) is 5.13 Å². The van der Waals surface area contributed by atoms with Crippen molar-refractivity contribution in [2.75, 3.05) is 5.43 Å². The second kappa shape index (κ2) is 5.94. The molecule has 1 heterocycles. The fourth-order valence-corrected chi connectivity index (χ4v) is 3.30. The number of fused-ring (bicyclic) bond motifs is 1. The molecule has 0 amide bonds. The van der Waals surface area contributed by atoms with Crippen molar-refractivity contribution in [2.45, 2.75) is 6.92 Å². The highest BCUT2D eigenvalue weighted by atomic mass is 32.1. The van der Waals surface area contributed by atoms with E-state index in [4.69, 9.17) is 0 Å². The molecule has 0 unspecified atom stereocenters. The van der Waals surface area contributed by atoms with Crippen LogP contribution in [0.4, 0.5) is 5.13 Å². The lowest BCUT2D eigenvalue weighted by molar-refractivity contribution is 0.105. The van der Waals surface area contributed by atoms with Gasteiger partial charge in [0, 0.05) is 28.1 Å². The number of nitrogens with zero attached hydrogens (tertiary/aromatic N) is 1. The van der Waals surface area contributed by atoms with Gasteiger partial charge in [-0.05, 0) is 6.92 Å². The van der Waals surface area contributed by atoms with Crippen LogP contribution in [0, 0.1) is 6.92 Å². The van der Waals surface area contributed by atoms with Crippen molar-refractivity contribution in [3.05, 3.63) is 76.7 Å². The van der Waals surface area contributed by atoms with E-state index in [1.807, 2.05) is 29.6 Å². The molecule has 1 aliphatic rings. The number of ketones is 1. The molecule has 0 aliphatic heterocycles. The van der Waals surface area contributed by atoms with Crippen molar-refractivity contribution >= 4 is 27.9 Å². The minimum Gasteiger partial charge on any atom is -0.298 e. The zero-order valence-electron chi connectivity index (χ0n) is 13.0. The van der Waals surface area contributed by atoms with Crippen molar-refractivity contribution in [2.24, 2.45) is 0 Å². The normalized spacial score (nSPS) is 12.7. The van der Waals surface area contributed by atoms with Crippen LogP contribution >= 0.6 is 11.3 Å². The number of anilines is 1. The number of hydrazine groups is 1. The SMILES string of the molecule is Cc1ccc(-c2csc(NNC3=CC(=O)c4ccccc43)n2)cc1. The monoisotopic (exact) mass is 333 g/mol. The first-order valence-electron chi connectivity index (χ1n) is 7.61. The van der Waals surface area contributed by atoms with Gasteiger partial charge in [-0.15, -0.1) is 11.3 Å². The summed E-state index contributed by atoms with van der Waals surface area (Å²) < 4.78 is 0. The first-order chi connectivity index (χ1) is 11.7. The molecule has 0 bridgehead atoms. The summed E-state index contributed by atoms with van der Waals surface area (Å²) in [5.74, 6) is 0.0226. The van der Waals surface area contributed by atoms with Crippen LogP contribution in [0.5, 0.6) is 0 Å². The molecule has 0 spiro atoms. The number of thiazole rings is 1. The van der Waals surface area contributed by atoms with E-state index in [0.29, 0.717) is 0 Å². The Morgan fingerprint density at radius 1 is 0.958 bits per heavy atom. The summed E-state index contributed by atoms with van der Waals surface area (Å²) in [5.41, 5.74) is 11.8. The Morgan fingerprint density at radius 2 is 1.71 bits per heavy atom. The lowest BCUT2D eigenvalue weighted by atomic mass is 10.1. The van der Waals surface area contributed by atoms with E-state index in [2.05, 4.69) is 47.0 Å². The number of carbonyl (C=O) groups is 1. The number of allylic oxidation sites excluding steroid dienone is 1. The number of rotatable bonds is 4. The van der Waals surface area contributed by atoms with Crippen LogP contribution in [0.2, 0.25) is 0 Å². The van der Waals surface area contributed by atoms with Crippen molar-refractivity contribution in [1.29, 1.82) is 0 Å². The van der Waals surface area contributed by atoms with Gasteiger partial charge in [0.15, 0.2) is 5.78 Å². The molecule has 1 aromatic heterocycles. The summed E-state index contributed by atoms with van der Waals surface area (Å²) >= 11 is 1.52. The molecule has 2 N–H and O–H groups in total. The van der Waals surface area contributed by atoms with E-state index in [1.165, 1.54) is 16.9 Å². The minimum absolute atomic E-state index is 0.0226. The fraction of sp³-hybridized carbons (Fsp3) is 0.0526. The Kier molecular flexibility index (Phi) is 3.63. The predicted molar refractivity (Wildman–Crippen MR) is 97.8 cm³/mol. The number of hydrogen-bond donors (Lipinski definition) is 2. The van der Waals surface area contributed by atoms with Gasteiger partial charge in [-0.3, -0.25) is 15.6 Å². The molecule has 1 aliphatic carbocycles. The molecule has 2 aromatic carbocycles. The van der Waals surface area contributed by atoms with E-state index < -0.39 is 0 Å². The molecule has 0 saturated heterocycles. The third-order valence-electron chi connectivity index (χ3n) is 3.91. The number of carbonyl (C=O) groups excluding carboxylic acids is 1. The number of benzene rings is 2. The quantitative estimate of drug-likeness (QED) is 0.700. The van der Waals surface area contributed by atoms with Crippen LogP contribution in [0.3, 0.4) is 0 Å². The maximum Gasteiger partial charge on any atom is 0.202 e. The van der Waals surface area contributed by atoms with E-state index in [0.717, 1.165) is 33.2 Å². The van der Waals surface area contributed by atoms with Gasteiger partial charge < -0.3 is 0 Å². The summed E-state index contributed by atoms with van der Waals surface area (Å²) in [6, 6.07) is 15.8. The minimum atomic E-state index is 0.0226. The number of aromatic nitrogens is 1. The number of aryl methyl sites for hydroxylation is 1. The summed E-state index contributed by atoms with van der Waals surface area (Å²) in [6.07, 6.45) is 1.60. The molecule has 118 valence electrons. The van der Waals surface area contributed by atoms with Gasteiger partial charge in [-0.25, -0.2) is 4.98 Å². The van der Waals surface area contributed by atoms with Crippen molar-refractivity contribution in [3.8, 4) is 11.3 Å². The van der Waals surface area contributed by atoms with Gasteiger partial charge in [0.1, 0.15) is 0 Å². The first-order valence-corrected chi connectivity index (χ1v) is 8.49. The summed E-state index contributed by atoms with van der Waals surface area (Å²) in [6.45, 7) is 2.07. The molecule has 24 heavy (non-hydrogen) atoms. The second-order valence-corrected chi connectivity index (χ2v) is 6.48. The Balaban J connectivity index is 1.49. The highest BCUT2D eigenvalue weighted by Crippen LogP contribution is 2.27. The van der Waals surface area contributed by atoms with E-state index in [9.17, 15) is 4.79 Å². The van der Waals surface area contributed by atoms with Crippen LogP contribution in [0.15, 0.2) is 60.0 Å². The Labute approximate surface area is 143 Å². The largest absolute Gasteiger partial charge is 0.298 e. The first kappa shape index (κ1) is 14.7. The van der Waals surface area contributed by atoms with E-state index in [-0.39, 0.29) is 5.78 Å². The lowest BCUT2D eigenvalue weighted by Crippen LogP contribution is -2.19. The molecule has 0 atom stereocenters. The molecule has 5 heteroatoms. The molecule has 0 fully saturated rings. The molecule has 0 radical (unpaired) electrons. The molecule has 0 saturated carbocycles. The fourth-order valence-electron chi connectivity index (χ4n) is 2.63. The van der Waals surface area contributed by atoms with Crippen LogP contribution in [0.1, 0.15) is 21.5 Å².